The van der Waals surface area contributed by atoms with Gasteiger partial charge in [0, 0.05) is 29.0 Å². The molecule has 4 rings (SSSR count). The first-order valence-electron chi connectivity index (χ1n) is 6.20. The van der Waals surface area contributed by atoms with E-state index in [2.05, 4.69) is 5.32 Å². The van der Waals surface area contributed by atoms with E-state index in [-0.39, 0.29) is 10.8 Å². The predicted molar refractivity (Wildman–Crippen MR) is 64.4 cm³/mol. The van der Waals surface area contributed by atoms with Crippen LogP contribution < -0.4 is 5.32 Å². The van der Waals surface area contributed by atoms with Gasteiger partial charge in [-0.2, -0.15) is 0 Å². The summed E-state index contributed by atoms with van der Waals surface area (Å²) < 4.78 is 0. The molecule has 1 N–H and O–H groups in total. The fourth-order valence-corrected chi connectivity index (χ4v) is 3.19. The van der Waals surface area contributed by atoms with Crippen LogP contribution in [0.3, 0.4) is 0 Å². The van der Waals surface area contributed by atoms with E-state index < -0.39 is 6.04 Å². The molecule has 3 atom stereocenters. The van der Waals surface area contributed by atoms with Gasteiger partial charge in [0.2, 0.25) is 6.04 Å². The van der Waals surface area contributed by atoms with Crippen molar-refractivity contribution in [2.75, 3.05) is 6.54 Å². The van der Waals surface area contributed by atoms with Gasteiger partial charge >= 0.3 is 0 Å². The lowest BCUT2D eigenvalue weighted by atomic mass is 9.78. The third-order valence-electron chi connectivity index (χ3n) is 4.07. The minimum atomic E-state index is -0.528. The number of piperidine rings is 1. The van der Waals surface area contributed by atoms with Crippen molar-refractivity contribution in [3.05, 3.63) is 45.5 Å². The molecule has 0 spiro atoms. The van der Waals surface area contributed by atoms with Crippen LogP contribution in [0.1, 0.15) is 30.0 Å². The molecular formula is C13H16N2O2. The quantitative estimate of drug-likeness (QED) is 0.594. The monoisotopic (exact) mass is 232 g/mol. The molecule has 3 unspecified atom stereocenters. The zero-order valence-electron chi connectivity index (χ0n) is 9.63. The highest BCUT2D eigenvalue weighted by Gasteiger charge is 2.39. The molecule has 2 aliphatic heterocycles. The number of benzene rings is 1. The highest BCUT2D eigenvalue weighted by Crippen LogP contribution is 2.36. The smallest absolute Gasteiger partial charge is 0.242 e. The van der Waals surface area contributed by atoms with Crippen molar-refractivity contribution in [2.45, 2.75) is 31.3 Å². The van der Waals surface area contributed by atoms with E-state index in [1.165, 1.54) is 0 Å². The molecule has 2 heterocycles. The van der Waals surface area contributed by atoms with Gasteiger partial charge in [-0.15, -0.1) is 0 Å². The summed E-state index contributed by atoms with van der Waals surface area (Å²) >= 11 is 0. The molecule has 1 saturated heterocycles. The molecule has 3 aliphatic rings. The van der Waals surface area contributed by atoms with E-state index >= 15 is 0 Å². The van der Waals surface area contributed by atoms with Crippen LogP contribution in [-0.2, 0) is 6.42 Å². The van der Waals surface area contributed by atoms with Crippen molar-refractivity contribution >= 4 is 0 Å². The van der Waals surface area contributed by atoms with Gasteiger partial charge in [0.15, 0.2) is 0 Å². The Labute approximate surface area is 100 Å². The third-order valence-corrected chi connectivity index (χ3v) is 4.07. The normalized spacial score (nSPS) is 31.4. The molecule has 90 valence electrons. The summed E-state index contributed by atoms with van der Waals surface area (Å²) in [6, 6.07) is 7.83. The summed E-state index contributed by atoms with van der Waals surface area (Å²) in [5.74, 6) is 0.141. The summed E-state index contributed by atoms with van der Waals surface area (Å²) in [6.45, 7) is 0.782. The van der Waals surface area contributed by atoms with E-state index in [9.17, 15) is 10.1 Å². The summed E-state index contributed by atoms with van der Waals surface area (Å²) in [4.78, 5) is 11.2. The topological polar surface area (TPSA) is 55.2 Å². The lowest BCUT2D eigenvalue weighted by Gasteiger charge is -2.35. The van der Waals surface area contributed by atoms with Gasteiger partial charge in [0.25, 0.3) is 0 Å². The van der Waals surface area contributed by atoms with Crippen LogP contribution in [0.25, 0.3) is 0 Å². The molecule has 2 bridgehead atoms. The molecule has 4 heteroatoms. The minimum absolute atomic E-state index is 0.100. The fraction of sp³-hybridized carbons (Fsp3) is 0.538. The molecule has 0 saturated carbocycles. The van der Waals surface area contributed by atoms with E-state index in [4.69, 9.17) is 0 Å². The van der Waals surface area contributed by atoms with Crippen molar-refractivity contribution in [1.82, 2.24) is 5.32 Å². The van der Waals surface area contributed by atoms with Crippen LogP contribution in [0.15, 0.2) is 24.3 Å². The SMILES string of the molecule is O=[N+]([O-])C1c2ccccc2CC2CCC1CN2. The van der Waals surface area contributed by atoms with Gasteiger partial charge in [-0.1, -0.05) is 24.3 Å². The van der Waals surface area contributed by atoms with Crippen LogP contribution >= 0.6 is 0 Å². The predicted octanol–water partition coefficient (Wildman–Crippen LogP) is 1.93. The molecule has 1 aromatic carbocycles. The van der Waals surface area contributed by atoms with Crippen molar-refractivity contribution in [3.63, 3.8) is 0 Å². The van der Waals surface area contributed by atoms with Crippen LogP contribution in [0.5, 0.6) is 0 Å². The maximum absolute atomic E-state index is 11.3. The first-order chi connectivity index (χ1) is 8.25. The Morgan fingerprint density at radius 2 is 2.12 bits per heavy atom. The number of nitrogens with zero attached hydrogens (tertiary/aromatic N) is 1. The maximum atomic E-state index is 11.3. The maximum Gasteiger partial charge on any atom is 0.242 e. The van der Waals surface area contributed by atoms with E-state index in [0.29, 0.717) is 6.04 Å². The summed E-state index contributed by atoms with van der Waals surface area (Å²) in [6.07, 6.45) is 2.95. The molecule has 0 aromatic heterocycles. The Bertz CT molecular complexity index is 439. The molecule has 1 aromatic rings. The molecule has 1 aliphatic carbocycles. The first kappa shape index (κ1) is 10.7. The number of fused-ring (bicyclic) bond motifs is 2. The highest BCUT2D eigenvalue weighted by atomic mass is 16.6. The molecule has 0 radical (unpaired) electrons. The Morgan fingerprint density at radius 1 is 1.29 bits per heavy atom. The van der Waals surface area contributed by atoms with Crippen molar-refractivity contribution in [3.8, 4) is 0 Å². The highest BCUT2D eigenvalue weighted by molar-refractivity contribution is 5.31. The fourth-order valence-electron chi connectivity index (χ4n) is 3.19. The zero-order chi connectivity index (χ0) is 11.8. The van der Waals surface area contributed by atoms with Gasteiger partial charge in [-0.3, -0.25) is 10.1 Å². The second kappa shape index (κ2) is 4.11. The van der Waals surface area contributed by atoms with Crippen LogP contribution in [0.2, 0.25) is 0 Å². The van der Waals surface area contributed by atoms with Gasteiger partial charge in [0.1, 0.15) is 0 Å². The molecule has 1 fully saturated rings. The lowest BCUT2D eigenvalue weighted by Crippen LogP contribution is -2.45. The van der Waals surface area contributed by atoms with E-state index in [0.717, 1.165) is 36.9 Å². The van der Waals surface area contributed by atoms with Crippen LogP contribution in [0, 0.1) is 16.0 Å². The average Bonchev–Trinajstić information content (AvgIpc) is 2.28. The largest absolute Gasteiger partial charge is 0.313 e. The van der Waals surface area contributed by atoms with Gasteiger partial charge < -0.3 is 5.32 Å². The number of rotatable bonds is 1. The minimum Gasteiger partial charge on any atom is -0.313 e. The molecule has 4 nitrogen and oxygen atoms in total. The lowest BCUT2D eigenvalue weighted by molar-refractivity contribution is -0.540. The Hall–Kier alpha value is -1.42. The van der Waals surface area contributed by atoms with Crippen molar-refractivity contribution in [1.29, 1.82) is 0 Å². The molecule has 17 heavy (non-hydrogen) atoms. The van der Waals surface area contributed by atoms with Gasteiger partial charge in [0.05, 0.1) is 0 Å². The number of nitro groups is 1. The average molecular weight is 232 g/mol. The van der Waals surface area contributed by atoms with Crippen LogP contribution in [-0.4, -0.2) is 17.5 Å². The summed E-state index contributed by atoms with van der Waals surface area (Å²) in [7, 11) is 0. The Balaban J connectivity index is 2.09. The van der Waals surface area contributed by atoms with Crippen molar-refractivity contribution < 1.29 is 4.92 Å². The van der Waals surface area contributed by atoms with Crippen molar-refractivity contribution in [2.24, 2.45) is 5.92 Å². The Kier molecular flexibility index (Phi) is 2.59. The van der Waals surface area contributed by atoms with Crippen LogP contribution in [0.4, 0.5) is 0 Å². The van der Waals surface area contributed by atoms with E-state index in [1.54, 1.807) is 0 Å². The zero-order valence-corrected chi connectivity index (χ0v) is 9.63. The van der Waals surface area contributed by atoms with Gasteiger partial charge in [-0.25, -0.2) is 0 Å². The van der Waals surface area contributed by atoms with E-state index in [1.807, 2.05) is 24.3 Å². The standard InChI is InChI=1S/C13H16N2O2/c16-15(17)13-10-5-6-11(14-8-10)7-9-3-1-2-4-12(9)13/h1-4,10-11,13-14H,5-8H2. The van der Waals surface area contributed by atoms with Gasteiger partial charge in [-0.05, 0) is 24.8 Å². The second-order valence-electron chi connectivity index (χ2n) is 5.08. The summed E-state index contributed by atoms with van der Waals surface area (Å²) in [5, 5.41) is 14.8. The third kappa shape index (κ3) is 1.82. The molecule has 0 amide bonds. The number of hydrogen-bond acceptors (Lipinski definition) is 3. The summed E-state index contributed by atoms with van der Waals surface area (Å²) in [5.41, 5.74) is 2.09. The second-order valence-corrected chi connectivity index (χ2v) is 5.08. The Morgan fingerprint density at radius 3 is 2.82 bits per heavy atom. The number of nitrogens with one attached hydrogen (secondary N) is 1. The molecular weight excluding hydrogens is 216 g/mol. The first-order valence-corrected chi connectivity index (χ1v) is 6.20. The number of hydrogen-bond donors (Lipinski definition) is 1.